The zero-order chi connectivity index (χ0) is 10.5. The van der Waals surface area contributed by atoms with Gasteiger partial charge in [-0.05, 0) is 12.8 Å². The molecule has 0 aromatic rings. The lowest BCUT2D eigenvalue weighted by molar-refractivity contribution is -0.138. The van der Waals surface area contributed by atoms with Crippen LogP contribution < -0.4 is 5.73 Å². The third-order valence-electron chi connectivity index (χ3n) is 1.53. The topological polar surface area (TPSA) is 152 Å². The van der Waals surface area contributed by atoms with E-state index in [4.69, 9.17) is 20.6 Å². The third kappa shape index (κ3) is 9.63. The van der Waals surface area contributed by atoms with Crippen molar-refractivity contribution < 1.29 is 31.2 Å². The van der Waals surface area contributed by atoms with Crippen molar-refractivity contribution in [1.82, 2.24) is 0 Å². The first-order valence-corrected chi connectivity index (χ1v) is 5.65. The molecule has 0 heterocycles. The van der Waals surface area contributed by atoms with Crippen molar-refractivity contribution in [2.45, 2.75) is 25.3 Å². The van der Waals surface area contributed by atoms with E-state index in [9.17, 15) is 9.36 Å². The summed E-state index contributed by atoms with van der Waals surface area (Å²) in [5.41, 5.74) is 5.17. The summed E-state index contributed by atoms with van der Waals surface area (Å²) >= 11 is 0. The molecule has 0 spiro atoms. The molecule has 0 aromatic heterocycles. The van der Waals surface area contributed by atoms with Gasteiger partial charge < -0.3 is 26.1 Å². The monoisotopic (exact) mass is 232 g/mol. The van der Waals surface area contributed by atoms with Gasteiger partial charge in [-0.3, -0.25) is 9.36 Å². The molecule has 0 aliphatic carbocycles. The molecule has 0 saturated heterocycles. The Kier molecular flexibility index (Phi) is 7.90. The molecule has 7 N–H and O–H groups in total. The van der Waals surface area contributed by atoms with E-state index in [1.165, 1.54) is 0 Å². The van der Waals surface area contributed by atoms with E-state index in [-0.39, 0.29) is 19.5 Å². The smallest absolute Gasteiger partial charge is 0.325 e. The summed E-state index contributed by atoms with van der Waals surface area (Å²) in [4.78, 5) is 27.1. The molecule has 0 aromatic carbocycles. The Morgan fingerprint density at radius 2 is 1.93 bits per heavy atom. The number of rotatable bonds is 6. The minimum atomic E-state index is -3.94. The minimum Gasteiger partial charge on any atom is -0.480 e. The second-order valence-electron chi connectivity index (χ2n) is 2.83. The summed E-state index contributed by atoms with van der Waals surface area (Å²) in [5, 5.41) is 8.36. The lowest BCUT2D eigenvalue weighted by Gasteiger charge is -2.06. The minimum absolute atomic E-state index is 0. The first-order valence-electron chi connectivity index (χ1n) is 3.86. The average molecular weight is 232 g/mol. The van der Waals surface area contributed by atoms with Crippen LogP contribution in [0.25, 0.3) is 0 Å². The molecule has 0 saturated carbocycles. The molecule has 0 unspecified atom stereocenters. The van der Waals surface area contributed by atoms with Crippen LogP contribution in [-0.4, -0.2) is 38.5 Å². The maximum atomic E-state index is 10.4. The number of hydrogen-bond donors (Lipinski definition) is 4. The van der Waals surface area contributed by atoms with Crippen molar-refractivity contribution in [2.24, 2.45) is 5.73 Å². The molecule has 14 heavy (non-hydrogen) atoms. The molecule has 0 bridgehead atoms. The molecular formula is C6H18NO6P. The van der Waals surface area contributed by atoms with Gasteiger partial charge in [0.15, 0.2) is 0 Å². The summed E-state index contributed by atoms with van der Waals surface area (Å²) in [6, 6.07) is -0.934. The Bertz CT molecular complexity index is 220. The molecule has 0 radical (unpaired) electrons. The van der Waals surface area contributed by atoms with Crippen molar-refractivity contribution in [3.8, 4) is 0 Å². The SMILES string of the molecule is N[C@H](CCCCP(=O)(O)O)C(=O)O.O.[2HH]. The van der Waals surface area contributed by atoms with Gasteiger partial charge in [-0.25, -0.2) is 0 Å². The number of carboxylic acids is 1. The van der Waals surface area contributed by atoms with E-state index < -0.39 is 19.6 Å². The number of carbonyl (C=O) groups is 1. The van der Waals surface area contributed by atoms with E-state index in [1.807, 2.05) is 0 Å². The molecule has 0 aliphatic heterocycles. The zero-order valence-electron chi connectivity index (χ0n) is 7.59. The van der Waals surface area contributed by atoms with Crippen LogP contribution in [0.5, 0.6) is 0 Å². The van der Waals surface area contributed by atoms with Crippen LogP contribution in [0, 0.1) is 0 Å². The van der Waals surface area contributed by atoms with Crippen molar-refractivity contribution in [3.63, 3.8) is 0 Å². The van der Waals surface area contributed by atoms with Gasteiger partial charge in [0, 0.05) is 7.59 Å². The van der Waals surface area contributed by atoms with E-state index in [2.05, 4.69) is 0 Å². The number of unbranched alkanes of at least 4 members (excludes halogenated alkanes) is 1. The Labute approximate surface area is 82.9 Å². The number of aliphatic carboxylic acids is 1. The highest BCUT2D eigenvalue weighted by atomic mass is 31.2. The molecule has 0 fully saturated rings. The van der Waals surface area contributed by atoms with Crippen LogP contribution in [0.2, 0.25) is 0 Å². The van der Waals surface area contributed by atoms with Crippen molar-refractivity contribution in [2.75, 3.05) is 6.16 Å². The van der Waals surface area contributed by atoms with E-state index >= 15 is 0 Å². The highest BCUT2D eigenvalue weighted by molar-refractivity contribution is 7.51. The lowest BCUT2D eigenvalue weighted by Crippen LogP contribution is -2.29. The molecular weight excluding hydrogens is 213 g/mol. The van der Waals surface area contributed by atoms with Gasteiger partial charge in [0.2, 0.25) is 0 Å². The maximum Gasteiger partial charge on any atom is 0.325 e. The molecule has 0 amide bonds. The number of nitrogens with two attached hydrogens (primary N) is 1. The largest absolute Gasteiger partial charge is 0.480 e. The fraction of sp³-hybridized carbons (Fsp3) is 0.833. The van der Waals surface area contributed by atoms with Crippen molar-refractivity contribution in [3.05, 3.63) is 0 Å². The Hall–Kier alpha value is -0.460. The predicted molar refractivity (Wildman–Crippen MR) is 52.1 cm³/mol. The highest BCUT2D eigenvalue weighted by Gasteiger charge is 2.14. The van der Waals surface area contributed by atoms with Gasteiger partial charge in [-0.15, -0.1) is 0 Å². The standard InChI is InChI=1S/C6H14NO5P.H2O.H2/c7-5(6(8)9)3-1-2-4-13(10,11)12;;/h5H,1-4,7H2,(H,8,9)(H2,10,11,12);1H2;1H/t5-;;/m1../s1/i;;1+1. The van der Waals surface area contributed by atoms with Gasteiger partial charge in [0.1, 0.15) is 6.04 Å². The fourth-order valence-electron chi connectivity index (χ4n) is 0.806. The van der Waals surface area contributed by atoms with Crippen LogP contribution in [0.4, 0.5) is 0 Å². The third-order valence-corrected chi connectivity index (χ3v) is 2.43. The summed E-state index contributed by atoms with van der Waals surface area (Å²) in [6.07, 6.45) is 0.749. The quantitative estimate of drug-likeness (QED) is 0.346. The van der Waals surface area contributed by atoms with Gasteiger partial charge in [-0.2, -0.15) is 0 Å². The first-order chi connectivity index (χ1) is 5.83. The molecule has 88 valence electrons. The van der Waals surface area contributed by atoms with Gasteiger partial charge in [0.25, 0.3) is 0 Å². The lowest BCUT2D eigenvalue weighted by atomic mass is 10.1. The summed E-state index contributed by atoms with van der Waals surface area (Å²) in [7, 11) is -3.94. The van der Waals surface area contributed by atoms with Gasteiger partial charge >= 0.3 is 13.6 Å². The normalized spacial score (nSPS) is 13.1. The maximum absolute atomic E-state index is 10.4. The van der Waals surface area contributed by atoms with Crippen LogP contribution in [-0.2, 0) is 9.36 Å². The second kappa shape index (κ2) is 6.92. The molecule has 0 aliphatic rings. The summed E-state index contributed by atoms with van der Waals surface area (Å²) < 4.78 is 10.4. The van der Waals surface area contributed by atoms with E-state index in [0.717, 1.165) is 0 Å². The van der Waals surface area contributed by atoms with Gasteiger partial charge in [-0.1, -0.05) is 6.42 Å². The summed E-state index contributed by atoms with van der Waals surface area (Å²) in [5.74, 6) is -1.09. The molecule has 0 rings (SSSR count). The fourth-order valence-corrected chi connectivity index (χ4v) is 1.44. The summed E-state index contributed by atoms with van der Waals surface area (Å²) in [6.45, 7) is 0. The van der Waals surface area contributed by atoms with E-state index in [1.54, 1.807) is 0 Å². The first kappa shape index (κ1) is 16.0. The van der Waals surface area contributed by atoms with Crippen LogP contribution in [0.3, 0.4) is 0 Å². The highest BCUT2D eigenvalue weighted by Crippen LogP contribution is 2.35. The average Bonchev–Trinajstić information content (AvgIpc) is 1.95. The van der Waals surface area contributed by atoms with Crippen LogP contribution >= 0.6 is 7.60 Å². The van der Waals surface area contributed by atoms with Crippen LogP contribution in [0.1, 0.15) is 20.7 Å². The second-order valence-corrected chi connectivity index (χ2v) is 4.61. The predicted octanol–water partition coefficient (Wildman–Crippen LogP) is -0.832. The number of hydrogen-bond acceptors (Lipinski definition) is 3. The van der Waals surface area contributed by atoms with E-state index in [0.29, 0.717) is 12.8 Å². The molecule has 7 nitrogen and oxygen atoms in total. The van der Waals surface area contributed by atoms with Crippen LogP contribution in [0.15, 0.2) is 0 Å². The Balaban J connectivity index is -0.000000720. The molecule has 8 heteroatoms. The molecule has 1 atom stereocenters. The van der Waals surface area contributed by atoms with Crippen molar-refractivity contribution in [1.29, 1.82) is 0 Å². The number of carboxylic acid groups (broad SMARTS) is 1. The Morgan fingerprint density at radius 3 is 2.29 bits per heavy atom. The Morgan fingerprint density at radius 1 is 1.43 bits per heavy atom. The van der Waals surface area contributed by atoms with Crippen molar-refractivity contribution >= 4 is 13.6 Å². The van der Waals surface area contributed by atoms with Gasteiger partial charge in [0.05, 0.1) is 0 Å². The zero-order valence-corrected chi connectivity index (χ0v) is 8.48.